The molecule has 0 spiro atoms. The summed E-state index contributed by atoms with van der Waals surface area (Å²) >= 11 is 1.90. The van der Waals surface area contributed by atoms with E-state index >= 15 is 0 Å². The molecule has 1 atom stereocenters. The van der Waals surface area contributed by atoms with Gasteiger partial charge in [-0.05, 0) is 39.0 Å². The van der Waals surface area contributed by atoms with Gasteiger partial charge in [0, 0.05) is 11.3 Å². The average molecular weight is 300 g/mol. The van der Waals surface area contributed by atoms with E-state index in [1.54, 1.807) is 0 Å². The molecule has 0 aliphatic rings. The average Bonchev–Trinajstić information content (AvgIpc) is 2.96. The number of hydrogen-bond donors (Lipinski definition) is 2. The zero-order valence-corrected chi connectivity index (χ0v) is 14.1. The van der Waals surface area contributed by atoms with Gasteiger partial charge in [0.1, 0.15) is 0 Å². The lowest BCUT2D eigenvalue weighted by molar-refractivity contribution is 0.421. The van der Waals surface area contributed by atoms with E-state index in [4.69, 9.17) is 4.42 Å². The molecule has 0 fully saturated rings. The molecule has 116 valence electrons. The van der Waals surface area contributed by atoms with Crippen molar-refractivity contribution in [3.63, 3.8) is 0 Å². The van der Waals surface area contributed by atoms with Gasteiger partial charge in [0.2, 0.25) is 5.89 Å². The molecule has 20 heavy (non-hydrogen) atoms. The van der Waals surface area contributed by atoms with Crippen molar-refractivity contribution >= 4 is 17.8 Å². The normalized spacial score (nSPS) is 13.4. The Morgan fingerprint density at radius 2 is 1.95 bits per heavy atom. The SMILES string of the molecule is CCCNC(C)c1nnc(NCC(CC)(CC)SC)o1. The summed E-state index contributed by atoms with van der Waals surface area (Å²) in [7, 11) is 0. The number of anilines is 1. The van der Waals surface area contributed by atoms with E-state index < -0.39 is 0 Å². The fourth-order valence-electron chi connectivity index (χ4n) is 2.03. The van der Waals surface area contributed by atoms with Crippen LogP contribution >= 0.6 is 11.8 Å². The van der Waals surface area contributed by atoms with Crippen LogP contribution in [-0.2, 0) is 0 Å². The maximum Gasteiger partial charge on any atom is 0.315 e. The molecular formula is C14H28N4OS. The maximum atomic E-state index is 5.67. The Hall–Kier alpha value is -0.750. The number of nitrogens with one attached hydrogen (secondary N) is 2. The molecular weight excluding hydrogens is 272 g/mol. The number of aromatic nitrogens is 2. The Bertz CT molecular complexity index is 371. The van der Waals surface area contributed by atoms with Crippen LogP contribution < -0.4 is 10.6 Å². The summed E-state index contributed by atoms with van der Waals surface area (Å²) in [4.78, 5) is 0. The lowest BCUT2D eigenvalue weighted by Gasteiger charge is -2.29. The Labute approximate surface area is 126 Å². The van der Waals surface area contributed by atoms with Crippen LogP contribution in [0.3, 0.4) is 0 Å². The molecule has 0 amide bonds. The van der Waals surface area contributed by atoms with Crippen molar-refractivity contribution < 1.29 is 4.42 Å². The van der Waals surface area contributed by atoms with Gasteiger partial charge in [-0.25, -0.2) is 0 Å². The summed E-state index contributed by atoms with van der Waals surface area (Å²) in [6.45, 7) is 10.4. The summed E-state index contributed by atoms with van der Waals surface area (Å²) in [5.41, 5.74) is 0. The standard InChI is InChI=1S/C14H28N4OS/c1-6-9-15-11(4)12-17-18-13(19-12)16-10-14(7-2,8-3)20-5/h11,15H,6-10H2,1-5H3,(H,16,18). The largest absolute Gasteiger partial charge is 0.406 e. The van der Waals surface area contributed by atoms with Crippen molar-refractivity contribution in [3.05, 3.63) is 5.89 Å². The molecule has 1 unspecified atom stereocenters. The second-order valence-corrected chi connectivity index (χ2v) is 6.34. The minimum absolute atomic E-state index is 0.0978. The highest BCUT2D eigenvalue weighted by molar-refractivity contribution is 8.00. The molecule has 1 rings (SSSR count). The van der Waals surface area contributed by atoms with Crippen LogP contribution in [-0.4, -0.2) is 34.3 Å². The summed E-state index contributed by atoms with van der Waals surface area (Å²) in [5.74, 6) is 0.642. The molecule has 6 heteroatoms. The lowest BCUT2D eigenvalue weighted by Crippen LogP contribution is -2.32. The first-order valence-electron chi connectivity index (χ1n) is 7.46. The number of rotatable bonds is 10. The van der Waals surface area contributed by atoms with Crippen molar-refractivity contribution in [2.24, 2.45) is 0 Å². The van der Waals surface area contributed by atoms with Gasteiger partial charge in [-0.1, -0.05) is 25.9 Å². The third-order valence-corrected chi connectivity index (χ3v) is 5.38. The second kappa shape index (κ2) is 8.52. The fraction of sp³-hybridized carbons (Fsp3) is 0.857. The van der Waals surface area contributed by atoms with Gasteiger partial charge in [-0.3, -0.25) is 0 Å². The number of nitrogens with zero attached hydrogens (tertiary/aromatic N) is 2. The molecule has 1 aromatic rings. The third-order valence-electron chi connectivity index (χ3n) is 3.80. The van der Waals surface area contributed by atoms with E-state index in [9.17, 15) is 0 Å². The first-order valence-corrected chi connectivity index (χ1v) is 8.69. The summed E-state index contributed by atoms with van der Waals surface area (Å²) in [6, 6.07) is 0.617. The molecule has 1 heterocycles. The van der Waals surface area contributed by atoms with Crippen LogP contribution in [0, 0.1) is 0 Å². The molecule has 5 nitrogen and oxygen atoms in total. The summed E-state index contributed by atoms with van der Waals surface area (Å²) in [5, 5.41) is 14.8. The maximum absolute atomic E-state index is 5.67. The van der Waals surface area contributed by atoms with Crippen LogP contribution in [0.2, 0.25) is 0 Å². The van der Waals surface area contributed by atoms with Crippen LogP contribution in [0.15, 0.2) is 4.42 Å². The monoisotopic (exact) mass is 300 g/mol. The minimum Gasteiger partial charge on any atom is -0.406 e. The predicted octanol–water partition coefficient (Wildman–Crippen LogP) is 3.46. The lowest BCUT2D eigenvalue weighted by atomic mass is 10.0. The summed E-state index contributed by atoms with van der Waals surface area (Å²) in [6.07, 6.45) is 5.48. The molecule has 0 aliphatic carbocycles. The molecule has 0 bridgehead atoms. The van der Waals surface area contributed by atoms with E-state index in [1.165, 1.54) is 0 Å². The van der Waals surface area contributed by atoms with Crippen molar-refractivity contribution in [1.29, 1.82) is 0 Å². The van der Waals surface area contributed by atoms with Crippen molar-refractivity contribution in [3.8, 4) is 0 Å². The topological polar surface area (TPSA) is 63.0 Å². The van der Waals surface area contributed by atoms with Crippen LogP contribution in [0.1, 0.15) is 58.9 Å². The van der Waals surface area contributed by atoms with E-state index in [2.05, 4.69) is 47.9 Å². The smallest absolute Gasteiger partial charge is 0.315 e. The van der Waals surface area contributed by atoms with Gasteiger partial charge in [-0.15, -0.1) is 5.10 Å². The Morgan fingerprint density at radius 3 is 2.50 bits per heavy atom. The zero-order chi connectivity index (χ0) is 15.0. The number of hydrogen-bond acceptors (Lipinski definition) is 6. The molecule has 0 aliphatic heterocycles. The van der Waals surface area contributed by atoms with E-state index in [0.717, 1.165) is 32.4 Å². The third kappa shape index (κ3) is 4.66. The second-order valence-electron chi connectivity index (χ2n) is 5.07. The van der Waals surface area contributed by atoms with Crippen molar-refractivity contribution in [2.75, 3.05) is 24.7 Å². The zero-order valence-electron chi connectivity index (χ0n) is 13.3. The quantitative estimate of drug-likeness (QED) is 0.690. The van der Waals surface area contributed by atoms with Gasteiger partial charge in [-0.2, -0.15) is 11.8 Å². The Kier molecular flexibility index (Phi) is 7.37. The molecule has 2 N–H and O–H groups in total. The highest BCUT2D eigenvalue weighted by atomic mass is 32.2. The first kappa shape index (κ1) is 17.3. The van der Waals surface area contributed by atoms with E-state index in [1.807, 2.05) is 18.7 Å². The highest BCUT2D eigenvalue weighted by Gasteiger charge is 2.25. The van der Waals surface area contributed by atoms with Gasteiger partial charge in [0.05, 0.1) is 6.04 Å². The van der Waals surface area contributed by atoms with Gasteiger partial charge in [0.25, 0.3) is 0 Å². The molecule has 1 aromatic heterocycles. The molecule has 0 aromatic carbocycles. The Morgan fingerprint density at radius 1 is 1.25 bits per heavy atom. The molecule has 0 saturated heterocycles. The highest BCUT2D eigenvalue weighted by Crippen LogP contribution is 2.30. The van der Waals surface area contributed by atoms with Gasteiger partial charge >= 0.3 is 6.01 Å². The summed E-state index contributed by atoms with van der Waals surface area (Å²) < 4.78 is 5.90. The van der Waals surface area contributed by atoms with Crippen LogP contribution in [0.4, 0.5) is 6.01 Å². The van der Waals surface area contributed by atoms with Crippen LogP contribution in [0.5, 0.6) is 0 Å². The van der Waals surface area contributed by atoms with Crippen molar-refractivity contribution in [1.82, 2.24) is 15.5 Å². The minimum atomic E-state index is 0.0978. The van der Waals surface area contributed by atoms with E-state index in [0.29, 0.717) is 11.9 Å². The Balaban J connectivity index is 2.55. The van der Waals surface area contributed by atoms with Gasteiger partial charge in [0.15, 0.2) is 0 Å². The molecule has 0 radical (unpaired) electrons. The van der Waals surface area contributed by atoms with Crippen LogP contribution in [0.25, 0.3) is 0 Å². The van der Waals surface area contributed by atoms with E-state index in [-0.39, 0.29) is 10.8 Å². The van der Waals surface area contributed by atoms with Crippen molar-refractivity contribution in [2.45, 2.75) is 57.7 Å². The molecule has 0 saturated carbocycles. The fourth-order valence-corrected chi connectivity index (χ4v) is 2.82. The van der Waals surface area contributed by atoms with Gasteiger partial charge < -0.3 is 15.1 Å². The number of thioether (sulfide) groups is 1. The first-order chi connectivity index (χ1) is 9.60. The predicted molar refractivity (Wildman–Crippen MR) is 86.3 cm³/mol.